The van der Waals surface area contributed by atoms with Crippen LogP contribution in [0.25, 0.3) is 0 Å². The number of urea groups is 1. The summed E-state index contributed by atoms with van der Waals surface area (Å²) in [7, 11) is 0. The molecular formula is C12H17BrN2OS. The van der Waals surface area contributed by atoms with Crippen molar-refractivity contribution in [1.82, 2.24) is 10.2 Å². The van der Waals surface area contributed by atoms with Crippen LogP contribution in [0.4, 0.5) is 4.79 Å². The molecule has 2 rings (SSSR count). The Balaban J connectivity index is 1.80. The third-order valence-electron chi connectivity index (χ3n) is 3.16. The van der Waals surface area contributed by atoms with Gasteiger partial charge in [0.05, 0.1) is 6.54 Å². The average Bonchev–Trinajstić information content (AvgIpc) is 2.73. The van der Waals surface area contributed by atoms with Crippen LogP contribution in [0.1, 0.15) is 24.6 Å². The van der Waals surface area contributed by atoms with Gasteiger partial charge in [-0.3, -0.25) is 0 Å². The summed E-state index contributed by atoms with van der Waals surface area (Å²) in [6, 6.07) is 2.08. The van der Waals surface area contributed by atoms with Gasteiger partial charge < -0.3 is 10.2 Å². The smallest absolute Gasteiger partial charge is 0.317 e. The van der Waals surface area contributed by atoms with E-state index in [1.165, 1.54) is 4.88 Å². The van der Waals surface area contributed by atoms with E-state index in [0.29, 0.717) is 6.54 Å². The molecule has 1 fully saturated rings. The Labute approximate surface area is 114 Å². The van der Waals surface area contributed by atoms with Gasteiger partial charge in [0.15, 0.2) is 0 Å². The van der Waals surface area contributed by atoms with E-state index in [2.05, 4.69) is 28.2 Å². The van der Waals surface area contributed by atoms with Gasteiger partial charge in [-0.05, 0) is 46.1 Å². The second-order valence-electron chi connectivity index (χ2n) is 4.52. The Bertz CT molecular complexity index is 386. The number of carbonyl (C=O) groups excluding carboxylic acids is 1. The van der Waals surface area contributed by atoms with Crippen LogP contribution in [0.15, 0.2) is 15.9 Å². The van der Waals surface area contributed by atoms with Crippen LogP contribution in [0.5, 0.6) is 0 Å². The van der Waals surface area contributed by atoms with E-state index >= 15 is 0 Å². The lowest BCUT2D eigenvalue weighted by Crippen LogP contribution is -2.43. The molecule has 0 saturated carbocycles. The van der Waals surface area contributed by atoms with Crippen molar-refractivity contribution >= 4 is 33.3 Å². The largest absolute Gasteiger partial charge is 0.333 e. The number of nitrogens with one attached hydrogen (secondary N) is 1. The fourth-order valence-corrected chi connectivity index (χ4v) is 3.36. The van der Waals surface area contributed by atoms with Gasteiger partial charge in [-0.25, -0.2) is 4.79 Å². The first-order chi connectivity index (χ1) is 8.16. The summed E-state index contributed by atoms with van der Waals surface area (Å²) in [5, 5.41) is 5.00. The summed E-state index contributed by atoms with van der Waals surface area (Å²) < 4.78 is 1.08. The van der Waals surface area contributed by atoms with Crippen molar-refractivity contribution in [2.45, 2.75) is 26.3 Å². The van der Waals surface area contributed by atoms with E-state index in [1.807, 2.05) is 16.3 Å². The third-order valence-corrected chi connectivity index (χ3v) is 5.09. The van der Waals surface area contributed by atoms with Crippen molar-refractivity contribution in [3.8, 4) is 0 Å². The predicted molar refractivity (Wildman–Crippen MR) is 74.2 cm³/mol. The van der Waals surface area contributed by atoms with Crippen molar-refractivity contribution in [1.29, 1.82) is 0 Å². The highest BCUT2D eigenvalue weighted by molar-refractivity contribution is 9.10. The second-order valence-corrected chi connectivity index (χ2v) is 6.37. The van der Waals surface area contributed by atoms with E-state index < -0.39 is 0 Å². The molecule has 0 aromatic carbocycles. The fraction of sp³-hybridized carbons (Fsp3) is 0.583. The van der Waals surface area contributed by atoms with Crippen molar-refractivity contribution in [2.75, 3.05) is 13.1 Å². The third kappa shape index (κ3) is 3.45. The molecule has 5 heteroatoms. The first-order valence-corrected chi connectivity index (χ1v) is 7.58. The molecule has 1 aromatic heterocycles. The summed E-state index contributed by atoms with van der Waals surface area (Å²) in [4.78, 5) is 15.0. The lowest BCUT2D eigenvalue weighted by atomic mass is 10.00. The first-order valence-electron chi connectivity index (χ1n) is 5.91. The van der Waals surface area contributed by atoms with Crippen molar-refractivity contribution in [3.63, 3.8) is 0 Å². The molecule has 0 spiro atoms. The van der Waals surface area contributed by atoms with E-state index in [4.69, 9.17) is 0 Å². The molecule has 1 saturated heterocycles. The highest BCUT2D eigenvalue weighted by Crippen LogP contribution is 2.22. The lowest BCUT2D eigenvalue weighted by Gasteiger charge is -2.30. The lowest BCUT2D eigenvalue weighted by molar-refractivity contribution is 0.173. The minimum absolute atomic E-state index is 0.0669. The monoisotopic (exact) mass is 316 g/mol. The SMILES string of the molecule is CC1CCN(C(=O)NCc2sccc2Br)CC1. The van der Waals surface area contributed by atoms with Crippen LogP contribution < -0.4 is 5.32 Å². The number of hydrogen-bond donors (Lipinski definition) is 1. The van der Waals surface area contributed by atoms with Crippen LogP contribution in [-0.2, 0) is 6.54 Å². The number of thiophene rings is 1. The van der Waals surface area contributed by atoms with Crippen LogP contribution in [0.3, 0.4) is 0 Å². The predicted octanol–water partition coefficient (Wildman–Crippen LogP) is 3.45. The molecule has 0 atom stereocenters. The molecule has 17 heavy (non-hydrogen) atoms. The Morgan fingerprint density at radius 3 is 2.88 bits per heavy atom. The van der Waals surface area contributed by atoms with E-state index in [0.717, 1.165) is 36.3 Å². The van der Waals surface area contributed by atoms with Crippen molar-refractivity contribution in [3.05, 3.63) is 20.8 Å². The number of hydrogen-bond acceptors (Lipinski definition) is 2. The second kappa shape index (κ2) is 5.87. The van der Waals surface area contributed by atoms with Crippen LogP contribution in [0, 0.1) is 5.92 Å². The molecule has 1 aliphatic heterocycles. The quantitative estimate of drug-likeness (QED) is 0.890. The molecule has 1 aliphatic rings. The maximum absolute atomic E-state index is 11.9. The van der Waals surface area contributed by atoms with Crippen LogP contribution in [0.2, 0.25) is 0 Å². The van der Waals surface area contributed by atoms with Gasteiger partial charge in [0.1, 0.15) is 0 Å². The molecule has 2 amide bonds. The Kier molecular flexibility index (Phi) is 4.45. The standard InChI is InChI=1S/C12H17BrN2OS/c1-9-2-5-15(6-3-9)12(16)14-8-11-10(13)4-7-17-11/h4,7,9H,2-3,5-6,8H2,1H3,(H,14,16). The fourth-order valence-electron chi connectivity index (χ4n) is 1.93. The normalized spacial score (nSPS) is 17.2. The van der Waals surface area contributed by atoms with Crippen LogP contribution >= 0.6 is 27.3 Å². The first kappa shape index (κ1) is 12.9. The van der Waals surface area contributed by atoms with Gasteiger partial charge in [0.2, 0.25) is 0 Å². The number of rotatable bonds is 2. The van der Waals surface area contributed by atoms with E-state index in [9.17, 15) is 4.79 Å². The maximum atomic E-state index is 11.9. The molecule has 2 heterocycles. The van der Waals surface area contributed by atoms with Gasteiger partial charge in [0.25, 0.3) is 0 Å². The summed E-state index contributed by atoms with van der Waals surface area (Å²) in [5.74, 6) is 0.755. The maximum Gasteiger partial charge on any atom is 0.317 e. The van der Waals surface area contributed by atoms with Crippen molar-refractivity contribution in [2.24, 2.45) is 5.92 Å². The van der Waals surface area contributed by atoms with Crippen LogP contribution in [-0.4, -0.2) is 24.0 Å². The molecule has 1 aromatic rings. The number of carbonyl (C=O) groups is 1. The Morgan fingerprint density at radius 2 is 2.29 bits per heavy atom. The molecule has 0 unspecified atom stereocenters. The highest BCUT2D eigenvalue weighted by Gasteiger charge is 2.19. The van der Waals surface area contributed by atoms with Gasteiger partial charge in [-0.2, -0.15) is 0 Å². The minimum Gasteiger partial charge on any atom is -0.333 e. The highest BCUT2D eigenvalue weighted by atomic mass is 79.9. The van der Waals surface area contributed by atoms with E-state index in [1.54, 1.807) is 11.3 Å². The molecule has 3 nitrogen and oxygen atoms in total. The molecule has 0 bridgehead atoms. The van der Waals surface area contributed by atoms with E-state index in [-0.39, 0.29) is 6.03 Å². The topological polar surface area (TPSA) is 32.3 Å². The number of halogens is 1. The Hall–Kier alpha value is -0.550. The zero-order valence-corrected chi connectivity index (χ0v) is 12.3. The van der Waals surface area contributed by atoms with Gasteiger partial charge >= 0.3 is 6.03 Å². The van der Waals surface area contributed by atoms with Gasteiger partial charge in [0, 0.05) is 22.4 Å². The average molecular weight is 317 g/mol. The molecule has 94 valence electrons. The number of nitrogens with zero attached hydrogens (tertiary/aromatic N) is 1. The zero-order valence-electron chi connectivity index (χ0n) is 9.91. The minimum atomic E-state index is 0.0669. The number of likely N-dealkylation sites (tertiary alicyclic amines) is 1. The summed E-state index contributed by atoms with van der Waals surface area (Å²) in [5.41, 5.74) is 0. The molecule has 1 N–H and O–H groups in total. The van der Waals surface area contributed by atoms with Gasteiger partial charge in [-0.15, -0.1) is 11.3 Å². The summed E-state index contributed by atoms with van der Waals surface area (Å²) in [6.07, 6.45) is 2.24. The molecule has 0 aliphatic carbocycles. The number of amides is 2. The molecular weight excluding hydrogens is 300 g/mol. The molecule has 0 radical (unpaired) electrons. The Morgan fingerprint density at radius 1 is 1.59 bits per heavy atom. The van der Waals surface area contributed by atoms with Crippen molar-refractivity contribution < 1.29 is 4.79 Å². The summed E-state index contributed by atoms with van der Waals surface area (Å²) in [6.45, 7) is 4.64. The number of piperidine rings is 1. The van der Waals surface area contributed by atoms with Gasteiger partial charge in [-0.1, -0.05) is 6.92 Å². The summed E-state index contributed by atoms with van der Waals surface area (Å²) >= 11 is 5.12. The zero-order chi connectivity index (χ0) is 12.3.